The normalized spacial score (nSPS) is 20.6. The Kier molecular flexibility index (Phi) is 6.63. The van der Waals surface area contributed by atoms with Crippen molar-refractivity contribution in [2.24, 2.45) is 5.92 Å². The lowest BCUT2D eigenvalue weighted by atomic mass is 9.86. The maximum absolute atomic E-state index is 12.6. The maximum Gasteiger partial charge on any atom is 0.340 e. The van der Waals surface area contributed by atoms with Gasteiger partial charge in [-0.3, -0.25) is 4.79 Å². The number of thiophene rings is 2. The molecule has 1 aliphatic rings. The number of hydrogen-bond donors (Lipinski definition) is 1. The van der Waals surface area contributed by atoms with Crippen LogP contribution in [0.15, 0.2) is 35.0 Å². The lowest BCUT2D eigenvalue weighted by Crippen LogP contribution is -2.42. The Morgan fingerprint density at radius 1 is 1.19 bits per heavy atom. The summed E-state index contributed by atoms with van der Waals surface area (Å²) in [6, 6.07) is 7.85. The van der Waals surface area contributed by atoms with E-state index >= 15 is 0 Å². The fourth-order valence-corrected chi connectivity index (χ4v) is 4.55. The molecule has 0 radical (unpaired) electrons. The Morgan fingerprint density at radius 3 is 2.65 bits per heavy atom. The lowest BCUT2D eigenvalue weighted by molar-refractivity contribution is -0.143. The molecule has 0 bridgehead atoms. The monoisotopic (exact) mass is 389 g/mol. The zero-order chi connectivity index (χ0) is 18.4. The van der Waals surface area contributed by atoms with E-state index in [1.54, 1.807) is 11.3 Å². The third-order valence-corrected chi connectivity index (χ3v) is 6.35. The molecule has 0 aliphatic heterocycles. The van der Waals surface area contributed by atoms with Gasteiger partial charge in [-0.05, 0) is 47.7 Å². The number of rotatable bonds is 6. The average molecular weight is 390 g/mol. The largest absolute Gasteiger partial charge is 0.452 e. The molecular weight excluding hydrogens is 366 g/mol. The summed E-state index contributed by atoms with van der Waals surface area (Å²) in [7, 11) is 0. The highest BCUT2D eigenvalue weighted by molar-refractivity contribution is 7.12. The van der Waals surface area contributed by atoms with Crippen molar-refractivity contribution in [3.8, 4) is 0 Å². The van der Waals surface area contributed by atoms with Crippen LogP contribution in [-0.4, -0.2) is 24.5 Å². The highest BCUT2D eigenvalue weighted by Crippen LogP contribution is 2.26. The topological polar surface area (TPSA) is 55.4 Å². The van der Waals surface area contributed by atoms with Crippen LogP contribution in [0.3, 0.4) is 0 Å². The first-order chi connectivity index (χ1) is 12.6. The second kappa shape index (κ2) is 9.14. The Morgan fingerprint density at radius 2 is 1.96 bits per heavy atom. The first-order valence-corrected chi connectivity index (χ1v) is 10.6. The minimum Gasteiger partial charge on any atom is -0.452 e. The van der Waals surface area contributed by atoms with Crippen LogP contribution in [0.5, 0.6) is 0 Å². The molecular formula is C20H23NO3S2. The van der Waals surface area contributed by atoms with Gasteiger partial charge in [0.25, 0.3) is 5.91 Å². The van der Waals surface area contributed by atoms with Crippen LogP contribution in [0.2, 0.25) is 0 Å². The van der Waals surface area contributed by atoms with Crippen molar-refractivity contribution >= 4 is 46.2 Å². The molecule has 2 aromatic heterocycles. The second-order valence-corrected chi connectivity index (χ2v) is 8.49. The number of amides is 1. The standard InChI is InChI=1S/C20H23NO3S2/c1-14-6-2-3-8-17(14)21-19(22)13-24-20(23)16(18-9-5-11-26-18)12-15-7-4-10-25-15/h4-5,7,9-12,14,17H,2-3,6,8,13H2,1H3,(H,21,22)/b16-12+/t14-,17+/m1/s1. The molecule has 0 saturated heterocycles. The third-order valence-electron chi connectivity index (χ3n) is 4.63. The van der Waals surface area contributed by atoms with Crippen LogP contribution in [0.1, 0.15) is 42.4 Å². The van der Waals surface area contributed by atoms with Gasteiger partial charge < -0.3 is 10.1 Å². The summed E-state index contributed by atoms with van der Waals surface area (Å²) in [5.74, 6) is -0.213. The van der Waals surface area contributed by atoms with E-state index in [9.17, 15) is 9.59 Å². The van der Waals surface area contributed by atoms with Gasteiger partial charge in [0.2, 0.25) is 0 Å². The van der Waals surface area contributed by atoms with Crippen molar-refractivity contribution in [3.05, 3.63) is 44.8 Å². The number of carbonyl (C=O) groups is 2. The Bertz CT molecular complexity index is 750. The second-order valence-electron chi connectivity index (χ2n) is 6.56. The summed E-state index contributed by atoms with van der Waals surface area (Å²) in [5, 5.41) is 6.89. The van der Waals surface area contributed by atoms with E-state index in [4.69, 9.17) is 4.74 Å². The number of nitrogens with one attached hydrogen (secondary N) is 1. The van der Waals surface area contributed by atoms with Gasteiger partial charge >= 0.3 is 5.97 Å². The van der Waals surface area contributed by atoms with Crippen molar-refractivity contribution in [1.82, 2.24) is 5.32 Å². The molecule has 1 aliphatic carbocycles. The molecule has 0 aromatic carbocycles. The molecule has 0 unspecified atom stereocenters. The van der Waals surface area contributed by atoms with E-state index in [-0.39, 0.29) is 18.6 Å². The predicted octanol–water partition coefficient (Wildman–Crippen LogP) is 4.59. The minimum absolute atomic E-state index is 0.188. The number of ether oxygens (including phenoxy) is 1. The fourth-order valence-electron chi connectivity index (χ4n) is 3.17. The Hall–Kier alpha value is -1.92. The number of hydrogen-bond acceptors (Lipinski definition) is 5. The molecule has 2 aromatic rings. The fraction of sp³-hybridized carbons (Fsp3) is 0.400. The van der Waals surface area contributed by atoms with E-state index in [0.717, 1.165) is 29.0 Å². The quantitative estimate of drug-likeness (QED) is 0.581. The molecule has 1 N–H and O–H groups in total. The van der Waals surface area contributed by atoms with Crippen LogP contribution in [0, 0.1) is 5.92 Å². The number of esters is 1. The molecule has 4 nitrogen and oxygen atoms in total. The summed E-state index contributed by atoms with van der Waals surface area (Å²) < 4.78 is 5.31. The number of carbonyl (C=O) groups excluding carboxylic acids is 2. The van der Waals surface area contributed by atoms with Crippen LogP contribution >= 0.6 is 22.7 Å². The van der Waals surface area contributed by atoms with Crippen LogP contribution in [0.4, 0.5) is 0 Å². The van der Waals surface area contributed by atoms with E-state index in [0.29, 0.717) is 11.5 Å². The van der Waals surface area contributed by atoms with Crippen LogP contribution < -0.4 is 5.32 Å². The van der Waals surface area contributed by atoms with Gasteiger partial charge in [0, 0.05) is 15.8 Å². The van der Waals surface area contributed by atoms with Gasteiger partial charge in [-0.25, -0.2) is 4.79 Å². The highest BCUT2D eigenvalue weighted by Gasteiger charge is 2.23. The zero-order valence-corrected chi connectivity index (χ0v) is 16.4. The first kappa shape index (κ1) is 18.9. The van der Waals surface area contributed by atoms with Gasteiger partial charge in [-0.15, -0.1) is 22.7 Å². The van der Waals surface area contributed by atoms with Crippen LogP contribution in [0.25, 0.3) is 11.6 Å². The van der Waals surface area contributed by atoms with Crippen molar-refractivity contribution in [3.63, 3.8) is 0 Å². The summed E-state index contributed by atoms with van der Waals surface area (Å²) >= 11 is 3.03. The Balaban J connectivity index is 1.60. The molecule has 138 valence electrons. The maximum atomic E-state index is 12.6. The smallest absolute Gasteiger partial charge is 0.340 e. The molecule has 1 amide bonds. The van der Waals surface area contributed by atoms with E-state index < -0.39 is 5.97 Å². The SMILES string of the molecule is C[C@@H]1CCCC[C@@H]1NC(=O)COC(=O)/C(=C/c1cccs1)c1cccs1. The highest BCUT2D eigenvalue weighted by atomic mass is 32.1. The first-order valence-electron chi connectivity index (χ1n) is 8.89. The summed E-state index contributed by atoms with van der Waals surface area (Å²) in [6.07, 6.45) is 6.32. The van der Waals surface area contributed by atoms with Gasteiger partial charge in [0.15, 0.2) is 6.61 Å². The molecule has 3 rings (SSSR count). The predicted molar refractivity (Wildman–Crippen MR) is 107 cm³/mol. The lowest BCUT2D eigenvalue weighted by Gasteiger charge is -2.29. The summed E-state index contributed by atoms with van der Waals surface area (Å²) in [5.41, 5.74) is 0.487. The molecule has 1 saturated carbocycles. The molecule has 1 fully saturated rings. The van der Waals surface area contributed by atoms with Crippen molar-refractivity contribution in [2.75, 3.05) is 6.61 Å². The zero-order valence-electron chi connectivity index (χ0n) is 14.8. The minimum atomic E-state index is -0.465. The van der Waals surface area contributed by atoms with Crippen molar-refractivity contribution in [2.45, 2.75) is 38.6 Å². The van der Waals surface area contributed by atoms with E-state index in [1.165, 1.54) is 17.8 Å². The van der Waals surface area contributed by atoms with Gasteiger partial charge in [-0.1, -0.05) is 31.9 Å². The molecule has 6 heteroatoms. The van der Waals surface area contributed by atoms with Crippen molar-refractivity contribution in [1.29, 1.82) is 0 Å². The third kappa shape index (κ3) is 5.05. The van der Waals surface area contributed by atoms with E-state index in [1.807, 2.05) is 41.1 Å². The Labute approximate surface area is 161 Å². The summed E-state index contributed by atoms with van der Waals surface area (Å²) in [4.78, 5) is 26.6. The molecule has 0 spiro atoms. The van der Waals surface area contributed by atoms with Gasteiger partial charge in [0.1, 0.15) is 0 Å². The van der Waals surface area contributed by atoms with Gasteiger partial charge in [-0.2, -0.15) is 0 Å². The van der Waals surface area contributed by atoms with E-state index in [2.05, 4.69) is 12.2 Å². The van der Waals surface area contributed by atoms with Crippen LogP contribution in [-0.2, 0) is 14.3 Å². The molecule has 2 atom stereocenters. The molecule has 26 heavy (non-hydrogen) atoms. The molecule has 2 heterocycles. The van der Waals surface area contributed by atoms with Gasteiger partial charge in [0.05, 0.1) is 5.57 Å². The average Bonchev–Trinajstić information content (AvgIpc) is 3.33. The van der Waals surface area contributed by atoms with Crippen molar-refractivity contribution < 1.29 is 14.3 Å². The summed E-state index contributed by atoms with van der Waals surface area (Å²) in [6.45, 7) is 1.92.